The molecule has 0 aromatic carbocycles. The SMILES string of the molecule is CCC1OCCCC1C(=O)N1CCCN(Cc2cnn(C)c2)CC1. The van der Waals surface area contributed by atoms with Gasteiger partial charge in [-0.3, -0.25) is 14.4 Å². The highest BCUT2D eigenvalue weighted by molar-refractivity contribution is 5.79. The molecule has 0 spiro atoms. The number of amides is 1. The van der Waals surface area contributed by atoms with Crippen molar-refractivity contribution in [3.63, 3.8) is 0 Å². The van der Waals surface area contributed by atoms with E-state index in [1.54, 1.807) is 0 Å². The summed E-state index contributed by atoms with van der Waals surface area (Å²) < 4.78 is 7.66. The average Bonchev–Trinajstić information content (AvgIpc) is 2.87. The summed E-state index contributed by atoms with van der Waals surface area (Å²) in [5, 5.41) is 4.24. The summed E-state index contributed by atoms with van der Waals surface area (Å²) >= 11 is 0. The predicted octanol–water partition coefficient (Wildman–Crippen LogP) is 1.66. The van der Waals surface area contributed by atoms with Crippen LogP contribution in [0.5, 0.6) is 0 Å². The van der Waals surface area contributed by atoms with Gasteiger partial charge in [0.2, 0.25) is 5.91 Å². The van der Waals surface area contributed by atoms with Gasteiger partial charge in [0.1, 0.15) is 0 Å². The second kappa shape index (κ2) is 8.12. The number of nitrogens with zero attached hydrogens (tertiary/aromatic N) is 4. The van der Waals surface area contributed by atoms with Crippen LogP contribution in [0.25, 0.3) is 0 Å². The molecule has 0 radical (unpaired) electrons. The molecule has 3 rings (SSSR count). The van der Waals surface area contributed by atoms with E-state index < -0.39 is 0 Å². The molecule has 134 valence electrons. The molecule has 2 aliphatic rings. The lowest BCUT2D eigenvalue weighted by Crippen LogP contribution is -2.45. The first-order valence-corrected chi connectivity index (χ1v) is 9.27. The Hall–Kier alpha value is -1.40. The third kappa shape index (κ3) is 4.16. The number of aryl methyl sites for hydroxylation is 1. The first-order valence-electron chi connectivity index (χ1n) is 9.27. The molecule has 2 atom stereocenters. The van der Waals surface area contributed by atoms with Crippen molar-refractivity contribution in [1.29, 1.82) is 0 Å². The van der Waals surface area contributed by atoms with Crippen molar-refractivity contribution < 1.29 is 9.53 Å². The monoisotopic (exact) mass is 334 g/mol. The van der Waals surface area contributed by atoms with Crippen LogP contribution < -0.4 is 0 Å². The van der Waals surface area contributed by atoms with Gasteiger partial charge in [-0.1, -0.05) is 6.92 Å². The molecule has 1 aromatic rings. The molecule has 1 aromatic heterocycles. The molecule has 3 heterocycles. The first-order chi connectivity index (χ1) is 11.7. The Morgan fingerprint density at radius 2 is 2.17 bits per heavy atom. The minimum atomic E-state index is 0.0635. The highest BCUT2D eigenvalue weighted by atomic mass is 16.5. The van der Waals surface area contributed by atoms with Crippen LogP contribution in [0.3, 0.4) is 0 Å². The molecule has 2 unspecified atom stereocenters. The van der Waals surface area contributed by atoms with Crippen LogP contribution in [-0.4, -0.2) is 64.4 Å². The average molecular weight is 334 g/mol. The molecule has 2 aliphatic heterocycles. The zero-order valence-corrected chi connectivity index (χ0v) is 15.0. The maximum absolute atomic E-state index is 13.0. The van der Waals surface area contributed by atoms with Crippen LogP contribution in [-0.2, 0) is 23.1 Å². The molecular formula is C18H30N4O2. The van der Waals surface area contributed by atoms with Crippen molar-refractivity contribution in [2.45, 2.75) is 45.3 Å². The van der Waals surface area contributed by atoms with Gasteiger partial charge in [0.05, 0.1) is 18.2 Å². The zero-order chi connectivity index (χ0) is 16.9. The maximum atomic E-state index is 13.0. The number of aromatic nitrogens is 2. The van der Waals surface area contributed by atoms with E-state index in [-0.39, 0.29) is 12.0 Å². The summed E-state index contributed by atoms with van der Waals surface area (Å²) in [6.45, 7) is 7.51. The molecule has 24 heavy (non-hydrogen) atoms. The standard InChI is InChI=1S/C18H30N4O2/c1-3-17-16(6-4-11-24-17)18(23)22-8-5-7-21(9-10-22)14-15-12-19-20(2)13-15/h12-13,16-17H,3-11,14H2,1-2H3. The van der Waals surface area contributed by atoms with Gasteiger partial charge in [0.25, 0.3) is 0 Å². The van der Waals surface area contributed by atoms with E-state index in [2.05, 4.69) is 28.0 Å². The minimum Gasteiger partial charge on any atom is -0.377 e. The van der Waals surface area contributed by atoms with Crippen LogP contribution >= 0.6 is 0 Å². The number of hydrogen-bond acceptors (Lipinski definition) is 4. The van der Waals surface area contributed by atoms with Crippen LogP contribution in [0.4, 0.5) is 0 Å². The van der Waals surface area contributed by atoms with Crippen molar-refractivity contribution in [2.24, 2.45) is 13.0 Å². The number of ether oxygens (including phenoxy) is 1. The molecule has 0 aliphatic carbocycles. The summed E-state index contributed by atoms with van der Waals surface area (Å²) in [7, 11) is 1.95. The molecule has 6 nitrogen and oxygen atoms in total. The molecule has 0 saturated carbocycles. The molecule has 2 saturated heterocycles. The third-order valence-electron chi connectivity index (χ3n) is 5.22. The van der Waals surface area contributed by atoms with Crippen LogP contribution in [0, 0.1) is 5.92 Å². The summed E-state index contributed by atoms with van der Waals surface area (Å²) in [4.78, 5) is 17.5. The second-order valence-electron chi connectivity index (χ2n) is 7.04. The lowest BCUT2D eigenvalue weighted by atomic mass is 9.91. The summed E-state index contributed by atoms with van der Waals surface area (Å²) in [6, 6.07) is 0. The Morgan fingerprint density at radius 3 is 2.92 bits per heavy atom. The lowest BCUT2D eigenvalue weighted by Gasteiger charge is -2.34. The first kappa shape index (κ1) is 17.4. The maximum Gasteiger partial charge on any atom is 0.228 e. The van der Waals surface area contributed by atoms with Gasteiger partial charge in [0.15, 0.2) is 0 Å². The zero-order valence-electron chi connectivity index (χ0n) is 15.0. The highest BCUT2D eigenvalue weighted by Crippen LogP contribution is 2.25. The van der Waals surface area contributed by atoms with Crippen LogP contribution in [0.15, 0.2) is 12.4 Å². The van der Waals surface area contributed by atoms with Gasteiger partial charge >= 0.3 is 0 Å². The predicted molar refractivity (Wildman–Crippen MR) is 92.4 cm³/mol. The van der Waals surface area contributed by atoms with E-state index in [0.29, 0.717) is 5.91 Å². The Morgan fingerprint density at radius 1 is 1.29 bits per heavy atom. The summed E-state index contributed by atoms with van der Waals surface area (Å²) in [5.74, 6) is 0.374. The van der Waals surface area contributed by atoms with E-state index in [0.717, 1.165) is 65.0 Å². The van der Waals surface area contributed by atoms with E-state index in [1.807, 2.05) is 17.9 Å². The van der Waals surface area contributed by atoms with Crippen LogP contribution in [0.2, 0.25) is 0 Å². The summed E-state index contributed by atoms with van der Waals surface area (Å²) in [6.07, 6.45) is 8.06. The quantitative estimate of drug-likeness (QED) is 0.840. The molecule has 0 N–H and O–H groups in total. The van der Waals surface area contributed by atoms with E-state index >= 15 is 0 Å². The van der Waals surface area contributed by atoms with Crippen LogP contribution in [0.1, 0.15) is 38.2 Å². The Kier molecular flexibility index (Phi) is 5.89. The topological polar surface area (TPSA) is 50.6 Å². The Bertz CT molecular complexity index is 545. The second-order valence-corrected chi connectivity index (χ2v) is 7.04. The largest absolute Gasteiger partial charge is 0.377 e. The molecule has 0 bridgehead atoms. The van der Waals surface area contributed by atoms with E-state index in [1.165, 1.54) is 5.56 Å². The number of carbonyl (C=O) groups excluding carboxylic acids is 1. The number of carbonyl (C=O) groups is 1. The normalized spacial score (nSPS) is 26.3. The van der Waals surface area contributed by atoms with Crippen molar-refractivity contribution in [3.05, 3.63) is 18.0 Å². The fourth-order valence-electron chi connectivity index (χ4n) is 3.92. The molecule has 6 heteroatoms. The minimum absolute atomic E-state index is 0.0635. The molecule has 1 amide bonds. The third-order valence-corrected chi connectivity index (χ3v) is 5.22. The van der Waals surface area contributed by atoms with Gasteiger partial charge in [0, 0.05) is 58.1 Å². The van der Waals surface area contributed by atoms with Crippen molar-refractivity contribution >= 4 is 5.91 Å². The van der Waals surface area contributed by atoms with Crippen molar-refractivity contribution in [3.8, 4) is 0 Å². The van der Waals surface area contributed by atoms with Gasteiger partial charge in [-0.15, -0.1) is 0 Å². The summed E-state index contributed by atoms with van der Waals surface area (Å²) in [5.41, 5.74) is 1.24. The fraction of sp³-hybridized carbons (Fsp3) is 0.778. The van der Waals surface area contributed by atoms with E-state index in [9.17, 15) is 4.79 Å². The fourth-order valence-corrected chi connectivity index (χ4v) is 3.92. The molecular weight excluding hydrogens is 304 g/mol. The lowest BCUT2D eigenvalue weighted by molar-refractivity contribution is -0.145. The van der Waals surface area contributed by atoms with Gasteiger partial charge in [-0.05, 0) is 25.7 Å². The van der Waals surface area contributed by atoms with E-state index in [4.69, 9.17) is 4.74 Å². The number of hydrogen-bond donors (Lipinski definition) is 0. The number of rotatable bonds is 4. The smallest absolute Gasteiger partial charge is 0.228 e. The Labute approximate surface area is 144 Å². The van der Waals surface area contributed by atoms with Crippen molar-refractivity contribution in [1.82, 2.24) is 19.6 Å². The van der Waals surface area contributed by atoms with Gasteiger partial charge in [-0.25, -0.2) is 0 Å². The Balaban J connectivity index is 1.55. The van der Waals surface area contributed by atoms with Gasteiger partial charge < -0.3 is 9.64 Å². The highest BCUT2D eigenvalue weighted by Gasteiger charge is 2.34. The molecule has 2 fully saturated rings. The van der Waals surface area contributed by atoms with Gasteiger partial charge in [-0.2, -0.15) is 5.10 Å². The van der Waals surface area contributed by atoms with Crippen molar-refractivity contribution in [2.75, 3.05) is 32.8 Å².